The van der Waals surface area contributed by atoms with Crippen LogP contribution in [0.1, 0.15) is 42.6 Å². The molecule has 0 unspecified atom stereocenters. The van der Waals surface area contributed by atoms with E-state index in [4.69, 9.17) is 11.6 Å². The Morgan fingerprint density at radius 3 is 2.68 bits per heavy atom. The third kappa shape index (κ3) is 6.04. The number of hydrogen-bond donors (Lipinski definition) is 1. The highest BCUT2D eigenvalue weighted by Gasteiger charge is 2.27. The first kappa shape index (κ1) is 24.8. The number of benzene rings is 2. The van der Waals surface area contributed by atoms with Gasteiger partial charge in [0, 0.05) is 42.2 Å². The Bertz CT molecular complexity index is 1090. The zero-order valence-electron chi connectivity index (χ0n) is 20.0. The minimum atomic E-state index is -0.103. The number of fused-ring (bicyclic) bond motifs is 1. The van der Waals surface area contributed by atoms with Gasteiger partial charge in [0.2, 0.25) is 0 Å². The van der Waals surface area contributed by atoms with Crippen LogP contribution in [0.15, 0.2) is 52.3 Å². The molecule has 1 saturated heterocycles. The molecule has 2 amide bonds. The molecule has 1 fully saturated rings. The van der Waals surface area contributed by atoms with Gasteiger partial charge in [-0.05, 0) is 73.2 Å². The summed E-state index contributed by atoms with van der Waals surface area (Å²) in [7, 11) is 1.75. The molecule has 5 nitrogen and oxygen atoms in total. The second-order valence-electron chi connectivity index (χ2n) is 9.53. The highest BCUT2D eigenvalue weighted by atomic mass is 35.5. The first-order valence-corrected chi connectivity index (χ1v) is 13.1. The zero-order valence-corrected chi connectivity index (χ0v) is 21.6. The standard InChI is InChI=1S/C27H32ClN3O2S/c1-18-12-19(2)17-31(16-18)11-5-10-29-26(32)21-8-9-24-23(15-21)30(3)27(33)25(34-24)14-20-6-4-7-22(28)13-20/h4,6-9,13-15,18-19H,5,10-12,16-17H2,1-3H3,(H,29,32)/b25-14-/t18-,19-/m1/s1. The molecule has 0 aliphatic carbocycles. The molecule has 34 heavy (non-hydrogen) atoms. The van der Waals surface area contributed by atoms with Crippen LogP contribution in [-0.2, 0) is 4.79 Å². The van der Waals surface area contributed by atoms with E-state index in [2.05, 4.69) is 24.1 Å². The monoisotopic (exact) mass is 497 g/mol. The number of piperidine rings is 1. The minimum absolute atomic E-state index is 0.0972. The Kier molecular flexibility index (Phi) is 8.02. The highest BCUT2D eigenvalue weighted by Crippen LogP contribution is 2.42. The molecule has 0 bridgehead atoms. The first-order chi connectivity index (χ1) is 16.3. The molecule has 4 rings (SSSR count). The predicted octanol–water partition coefficient (Wildman–Crippen LogP) is 5.55. The van der Waals surface area contributed by atoms with E-state index in [0.29, 0.717) is 22.0 Å². The van der Waals surface area contributed by atoms with Crippen LogP contribution in [-0.4, -0.2) is 49.9 Å². The molecule has 2 aromatic carbocycles. The van der Waals surface area contributed by atoms with Crippen molar-refractivity contribution in [1.82, 2.24) is 10.2 Å². The molecule has 7 heteroatoms. The summed E-state index contributed by atoms with van der Waals surface area (Å²) >= 11 is 7.50. The van der Waals surface area contributed by atoms with Crippen molar-refractivity contribution in [2.75, 3.05) is 38.1 Å². The maximum Gasteiger partial charge on any atom is 0.264 e. The molecule has 0 saturated carbocycles. The van der Waals surface area contributed by atoms with Gasteiger partial charge in [-0.15, -0.1) is 0 Å². The van der Waals surface area contributed by atoms with Crippen LogP contribution >= 0.6 is 23.4 Å². The molecule has 2 aromatic rings. The Morgan fingerprint density at radius 1 is 1.18 bits per heavy atom. The lowest BCUT2D eigenvalue weighted by Crippen LogP contribution is -2.40. The normalized spacial score (nSPS) is 22.1. The summed E-state index contributed by atoms with van der Waals surface area (Å²) in [5.74, 6) is 1.29. The Morgan fingerprint density at radius 2 is 1.94 bits per heavy atom. The maximum absolute atomic E-state index is 13.0. The number of carbonyl (C=O) groups is 2. The Balaban J connectivity index is 1.37. The zero-order chi connectivity index (χ0) is 24.2. The van der Waals surface area contributed by atoms with Gasteiger partial charge in [0.15, 0.2) is 0 Å². The fraction of sp³-hybridized carbons (Fsp3) is 0.407. The summed E-state index contributed by atoms with van der Waals surface area (Å²) < 4.78 is 0. The van der Waals surface area contributed by atoms with Gasteiger partial charge < -0.3 is 15.1 Å². The fourth-order valence-corrected chi connectivity index (χ4v) is 6.16. The Hall–Kier alpha value is -2.28. The molecule has 1 N–H and O–H groups in total. The molecule has 0 radical (unpaired) electrons. The van der Waals surface area contributed by atoms with Gasteiger partial charge in [-0.2, -0.15) is 0 Å². The van der Waals surface area contributed by atoms with E-state index in [0.717, 1.165) is 54.0 Å². The van der Waals surface area contributed by atoms with Crippen molar-refractivity contribution >= 4 is 46.9 Å². The summed E-state index contributed by atoms with van der Waals surface area (Å²) in [4.78, 5) is 31.4. The highest BCUT2D eigenvalue weighted by molar-refractivity contribution is 8.04. The number of nitrogens with one attached hydrogen (secondary N) is 1. The summed E-state index contributed by atoms with van der Waals surface area (Å²) in [5, 5.41) is 3.67. The van der Waals surface area contributed by atoms with Crippen molar-refractivity contribution in [3.63, 3.8) is 0 Å². The predicted molar refractivity (Wildman–Crippen MR) is 141 cm³/mol. The van der Waals surface area contributed by atoms with Gasteiger partial charge in [-0.25, -0.2) is 0 Å². The van der Waals surface area contributed by atoms with E-state index in [-0.39, 0.29) is 11.8 Å². The van der Waals surface area contributed by atoms with Crippen molar-refractivity contribution in [3.8, 4) is 0 Å². The summed E-state index contributed by atoms with van der Waals surface area (Å²) in [6.45, 7) is 8.58. The van der Waals surface area contributed by atoms with Gasteiger partial charge in [0.05, 0.1) is 10.6 Å². The van der Waals surface area contributed by atoms with E-state index < -0.39 is 0 Å². The largest absolute Gasteiger partial charge is 0.352 e. The number of carbonyl (C=O) groups excluding carboxylic acids is 2. The van der Waals surface area contributed by atoms with Crippen LogP contribution in [0.2, 0.25) is 5.02 Å². The third-order valence-electron chi connectivity index (χ3n) is 6.35. The minimum Gasteiger partial charge on any atom is -0.352 e. The number of likely N-dealkylation sites (tertiary alicyclic amines) is 1. The summed E-state index contributed by atoms with van der Waals surface area (Å²) in [5.41, 5.74) is 2.20. The van der Waals surface area contributed by atoms with Crippen LogP contribution in [0.4, 0.5) is 5.69 Å². The van der Waals surface area contributed by atoms with Gasteiger partial charge >= 0.3 is 0 Å². The molecule has 180 valence electrons. The average molecular weight is 498 g/mol. The lowest BCUT2D eigenvalue weighted by molar-refractivity contribution is -0.114. The number of amides is 2. The van der Waals surface area contributed by atoms with E-state index in [9.17, 15) is 9.59 Å². The van der Waals surface area contributed by atoms with Crippen LogP contribution in [0.25, 0.3) is 6.08 Å². The lowest BCUT2D eigenvalue weighted by Gasteiger charge is -2.34. The quantitative estimate of drug-likeness (QED) is 0.420. The van der Waals surface area contributed by atoms with Crippen LogP contribution in [0, 0.1) is 11.8 Å². The van der Waals surface area contributed by atoms with E-state index in [1.165, 1.54) is 18.2 Å². The number of likely N-dealkylation sites (N-methyl/N-ethyl adjacent to an activating group) is 1. The number of hydrogen-bond acceptors (Lipinski definition) is 4. The number of thioether (sulfide) groups is 1. The summed E-state index contributed by atoms with van der Waals surface area (Å²) in [6.07, 6.45) is 4.09. The molecule has 2 aliphatic heterocycles. The van der Waals surface area contributed by atoms with Crippen LogP contribution < -0.4 is 10.2 Å². The molecule has 2 heterocycles. The third-order valence-corrected chi connectivity index (χ3v) is 7.66. The Labute approximate surface area is 211 Å². The van der Waals surface area contributed by atoms with Gasteiger partial charge in [0.25, 0.3) is 11.8 Å². The molecule has 2 atom stereocenters. The summed E-state index contributed by atoms with van der Waals surface area (Å²) in [6, 6.07) is 13.0. The van der Waals surface area contributed by atoms with Crippen molar-refractivity contribution in [3.05, 3.63) is 63.5 Å². The van der Waals surface area contributed by atoms with E-state index in [1.807, 2.05) is 42.5 Å². The van der Waals surface area contributed by atoms with Gasteiger partial charge in [-0.3, -0.25) is 9.59 Å². The van der Waals surface area contributed by atoms with Crippen molar-refractivity contribution in [2.45, 2.75) is 31.6 Å². The van der Waals surface area contributed by atoms with Crippen molar-refractivity contribution < 1.29 is 9.59 Å². The lowest BCUT2D eigenvalue weighted by atomic mass is 9.92. The molecular weight excluding hydrogens is 466 g/mol. The number of rotatable bonds is 6. The van der Waals surface area contributed by atoms with Crippen LogP contribution in [0.5, 0.6) is 0 Å². The van der Waals surface area contributed by atoms with Crippen LogP contribution in [0.3, 0.4) is 0 Å². The SMILES string of the molecule is C[C@@H]1C[C@@H](C)CN(CCCNC(=O)c2ccc3c(c2)N(C)C(=O)/C(=C/c2cccc(Cl)c2)S3)C1. The average Bonchev–Trinajstić information content (AvgIpc) is 2.79. The molecular formula is C27H32ClN3O2S. The number of halogens is 1. The molecule has 2 aliphatic rings. The van der Waals surface area contributed by atoms with Crippen molar-refractivity contribution in [1.29, 1.82) is 0 Å². The van der Waals surface area contributed by atoms with Gasteiger partial charge in [0.1, 0.15) is 0 Å². The number of nitrogens with zero attached hydrogens (tertiary/aromatic N) is 2. The first-order valence-electron chi connectivity index (χ1n) is 11.9. The topological polar surface area (TPSA) is 52.7 Å². The molecule has 0 aromatic heterocycles. The van der Waals surface area contributed by atoms with Gasteiger partial charge in [-0.1, -0.05) is 49.3 Å². The second-order valence-corrected chi connectivity index (χ2v) is 11.0. The number of anilines is 1. The smallest absolute Gasteiger partial charge is 0.264 e. The molecule has 0 spiro atoms. The van der Waals surface area contributed by atoms with E-state index in [1.54, 1.807) is 18.0 Å². The maximum atomic E-state index is 13.0. The van der Waals surface area contributed by atoms with Crippen molar-refractivity contribution in [2.24, 2.45) is 11.8 Å². The van der Waals surface area contributed by atoms with E-state index >= 15 is 0 Å². The second kappa shape index (κ2) is 11.0. The fourth-order valence-electron chi connectivity index (χ4n) is 4.86.